The zero-order valence-electron chi connectivity index (χ0n) is 16.4. The summed E-state index contributed by atoms with van der Waals surface area (Å²) in [5.74, 6) is 1.04. The summed E-state index contributed by atoms with van der Waals surface area (Å²) in [5.41, 5.74) is 5.91. The molecule has 28 heavy (non-hydrogen) atoms. The summed E-state index contributed by atoms with van der Waals surface area (Å²) >= 11 is 0. The number of hydrazone groups is 1. The molecule has 1 aliphatic heterocycles. The first-order chi connectivity index (χ1) is 13.5. The van der Waals surface area contributed by atoms with Gasteiger partial charge in [-0.05, 0) is 55.7 Å². The number of hydrazine groups is 1. The van der Waals surface area contributed by atoms with Crippen molar-refractivity contribution in [3.63, 3.8) is 0 Å². The fraction of sp³-hybridized carbons (Fsp3) is 0.333. The average molecular weight is 382 g/mol. The molecule has 1 saturated heterocycles. The number of rotatable bonds is 7. The summed E-state index contributed by atoms with van der Waals surface area (Å²) in [6, 6.07) is 14.3. The Balaban J connectivity index is 1.75. The molecular weight excluding hydrogens is 356 g/mol. The van der Waals surface area contributed by atoms with Crippen LogP contribution in [-0.2, 0) is 17.8 Å². The summed E-state index contributed by atoms with van der Waals surface area (Å²) < 4.78 is 5.19. The van der Waals surface area contributed by atoms with E-state index < -0.39 is 0 Å². The number of amides is 1. The fourth-order valence-corrected chi connectivity index (χ4v) is 3.09. The second-order valence-electron chi connectivity index (χ2n) is 7.04. The number of hydrogen-bond donors (Lipinski definition) is 2. The molecule has 1 aliphatic rings. The van der Waals surface area contributed by atoms with Crippen LogP contribution in [0.15, 0.2) is 53.6 Å². The van der Waals surface area contributed by atoms with Crippen molar-refractivity contribution in [2.75, 3.05) is 13.8 Å². The molecule has 1 atom stereocenters. The van der Waals surface area contributed by atoms with E-state index in [1.807, 2.05) is 55.3 Å². The third kappa shape index (κ3) is 4.80. The van der Waals surface area contributed by atoms with E-state index in [1.165, 1.54) is 0 Å². The predicted octanol–water partition coefficient (Wildman–Crippen LogP) is 2.51. The minimum absolute atomic E-state index is 0.0420. The molecule has 148 valence electrons. The van der Waals surface area contributed by atoms with E-state index in [0.29, 0.717) is 19.6 Å². The number of carbonyl (C=O) groups is 1. The number of nitrogens with zero attached hydrogens (tertiary/aromatic N) is 3. The molecule has 7 nitrogen and oxygen atoms in total. The van der Waals surface area contributed by atoms with Gasteiger partial charge in [-0.2, -0.15) is 10.1 Å². The third-order valence-electron chi connectivity index (χ3n) is 4.60. The standard InChI is InChI=1S/C21H26N4O3/c1-15(2)22-23-25-14-24(13-17-6-10-19(28-3)11-7-17)21(27)20(25)12-16-4-8-18(26)9-5-16/h4-11,20,23,26H,12-14H2,1-3H3. The van der Waals surface area contributed by atoms with Crippen LogP contribution in [0.3, 0.4) is 0 Å². The Hall–Kier alpha value is -3.06. The largest absolute Gasteiger partial charge is 0.508 e. The molecule has 3 rings (SSSR count). The van der Waals surface area contributed by atoms with E-state index >= 15 is 0 Å². The van der Waals surface area contributed by atoms with Crippen molar-refractivity contribution in [3.05, 3.63) is 59.7 Å². The zero-order chi connectivity index (χ0) is 20.1. The Morgan fingerprint density at radius 1 is 1.14 bits per heavy atom. The molecule has 0 radical (unpaired) electrons. The topological polar surface area (TPSA) is 77.4 Å². The Morgan fingerprint density at radius 2 is 1.79 bits per heavy atom. The van der Waals surface area contributed by atoms with E-state index in [2.05, 4.69) is 10.6 Å². The van der Waals surface area contributed by atoms with Crippen molar-refractivity contribution < 1.29 is 14.6 Å². The minimum Gasteiger partial charge on any atom is -0.508 e. The normalized spacial score (nSPS) is 16.9. The van der Waals surface area contributed by atoms with Gasteiger partial charge in [0.1, 0.15) is 17.5 Å². The summed E-state index contributed by atoms with van der Waals surface area (Å²) in [4.78, 5) is 14.9. The maximum atomic E-state index is 13.1. The number of ether oxygens (including phenoxy) is 1. The van der Waals surface area contributed by atoms with Gasteiger partial charge in [-0.3, -0.25) is 4.79 Å². The SMILES string of the molecule is COc1ccc(CN2CN(NN=C(C)C)C(Cc3ccc(O)cc3)C2=O)cc1. The lowest BCUT2D eigenvalue weighted by molar-refractivity contribution is -0.129. The molecule has 0 spiro atoms. The second kappa shape index (κ2) is 8.75. The van der Waals surface area contributed by atoms with Crippen molar-refractivity contribution in [1.82, 2.24) is 15.4 Å². The van der Waals surface area contributed by atoms with Gasteiger partial charge in [0, 0.05) is 12.3 Å². The highest BCUT2D eigenvalue weighted by Crippen LogP contribution is 2.22. The van der Waals surface area contributed by atoms with Crippen LogP contribution in [0.1, 0.15) is 25.0 Å². The molecule has 2 aromatic carbocycles. The van der Waals surface area contributed by atoms with Gasteiger partial charge in [-0.25, -0.2) is 5.53 Å². The zero-order valence-corrected chi connectivity index (χ0v) is 16.4. The van der Waals surface area contributed by atoms with Crippen LogP contribution in [0.2, 0.25) is 0 Å². The molecule has 7 heteroatoms. The Kier molecular flexibility index (Phi) is 6.16. The predicted molar refractivity (Wildman–Crippen MR) is 108 cm³/mol. The first-order valence-corrected chi connectivity index (χ1v) is 9.19. The maximum absolute atomic E-state index is 13.1. The minimum atomic E-state index is -0.370. The lowest BCUT2D eigenvalue weighted by atomic mass is 10.1. The summed E-state index contributed by atoms with van der Waals surface area (Å²) in [6.07, 6.45) is 0.531. The van der Waals surface area contributed by atoms with Gasteiger partial charge < -0.3 is 14.7 Å². The van der Waals surface area contributed by atoms with Crippen LogP contribution < -0.4 is 10.3 Å². The maximum Gasteiger partial charge on any atom is 0.243 e. The van der Waals surface area contributed by atoms with E-state index in [0.717, 1.165) is 22.6 Å². The van der Waals surface area contributed by atoms with Gasteiger partial charge in [0.15, 0.2) is 0 Å². The highest BCUT2D eigenvalue weighted by Gasteiger charge is 2.38. The van der Waals surface area contributed by atoms with Crippen molar-refractivity contribution in [3.8, 4) is 11.5 Å². The van der Waals surface area contributed by atoms with E-state index in [-0.39, 0.29) is 17.7 Å². The van der Waals surface area contributed by atoms with Crippen molar-refractivity contribution in [2.45, 2.75) is 32.9 Å². The first kappa shape index (κ1) is 19.7. The average Bonchev–Trinajstić information content (AvgIpc) is 2.97. The molecule has 0 aliphatic carbocycles. The second-order valence-corrected chi connectivity index (χ2v) is 7.04. The molecule has 0 aromatic heterocycles. The summed E-state index contributed by atoms with van der Waals surface area (Å²) in [7, 11) is 1.63. The third-order valence-corrected chi connectivity index (χ3v) is 4.60. The summed E-state index contributed by atoms with van der Waals surface area (Å²) in [6.45, 7) is 4.75. The first-order valence-electron chi connectivity index (χ1n) is 9.19. The Bertz CT molecular complexity index is 830. The molecule has 1 unspecified atom stereocenters. The van der Waals surface area contributed by atoms with Crippen LogP contribution in [0.25, 0.3) is 0 Å². The highest BCUT2D eigenvalue weighted by atomic mass is 16.5. The molecule has 2 aromatic rings. The van der Waals surface area contributed by atoms with Crippen LogP contribution in [0.4, 0.5) is 0 Å². The number of carbonyl (C=O) groups excluding carboxylic acids is 1. The summed E-state index contributed by atoms with van der Waals surface area (Å²) in [5, 5.41) is 15.6. The molecule has 1 heterocycles. The van der Waals surface area contributed by atoms with Gasteiger partial charge in [-0.1, -0.05) is 24.3 Å². The molecule has 1 amide bonds. The van der Waals surface area contributed by atoms with Crippen LogP contribution in [0, 0.1) is 0 Å². The van der Waals surface area contributed by atoms with E-state index in [9.17, 15) is 9.90 Å². The van der Waals surface area contributed by atoms with Gasteiger partial charge in [0.05, 0.1) is 13.8 Å². The quantitative estimate of drug-likeness (QED) is 0.568. The van der Waals surface area contributed by atoms with Crippen molar-refractivity contribution in [2.24, 2.45) is 5.10 Å². The number of phenolic OH excluding ortho intramolecular Hbond substituents is 1. The number of methoxy groups -OCH3 is 1. The van der Waals surface area contributed by atoms with Crippen molar-refractivity contribution in [1.29, 1.82) is 0 Å². The van der Waals surface area contributed by atoms with Gasteiger partial charge in [0.25, 0.3) is 0 Å². The van der Waals surface area contributed by atoms with E-state index in [1.54, 1.807) is 24.1 Å². The fourth-order valence-electron chi connectivity index (χ4n) is 3.09. The lowest BCUT2D eigenvalue weighted by Crippen LogP contribution is -2.42. The lowest BCUT2D eigenvalue weighted by Gasteiger charge is -2.20. The number of phenols is 1. The molecule has 0 bridgehead atoms. The van der Waals surface area contributed by atoms with Gasteiger partial charge >= 0.3 is 0 Å². The molecular formula is C21H26N4O3. The monoisotopic (exact) mass is 382 g/mol. The Labute approximate surface area is 165 Å². The Morgan fingerprint density at radius 3 is 2.39 bits per heavy atom. The van der Waals surface area contributed by atoms with Gasteiger partial charge in [0.2, 0.25) is 5.91 Å². The number of hydrogen-bond acceptors (Lipinski definition) is 6. The van der Waals surface area contributed by atoms with E-state index in [4.69, 9.17) is 4.74 Å². The number of aromatic hydroxyl groups is 1. The molecule has 1 fully saturated rings. The molecule has 0 saturated carbocycles. The highest BCUT2D eigenvalue weighted by molar-refractivity contribution is 5.84. The smallest absolute Gasteiger partial charge is 0.243 e. The molecule has 2 N–H and O–H groups in total. The van der Waals surface area contributed by atoms with Crippen molar-refractivity contribution >= 4 is 11.6 Å². The van der Waals surface area contributed by atoms with Crippen LogP contribution in [0.5, 0.6) is 11.5 Å². The number of nitrogens with one attached hydrogen (secondary N) is 1. The van der Waals surface area contributed by atoms with Crippen LogP contribution >= 0.6 is 0 Å². The number of benzene rings is 2. The van der Waals surface area contributed by atoms with Crippen LogP contribution in [-0.4, -0.2) is 46.5 Å². The van der Waals surface area contributed by atoms with Gasteiger partial charge in [-0.15, -0.1) is 0 Å².